The van der Waals surface area contributed by atoms with Crippen LogP contribution in [0.15, 0.2) is 12.1 Å². The average Bonchev–Trinajstić information content (AvgIpc) is 2.73. The SMILES string of the molecule is O=CNC(C(=O)O)c1cc(Cl)c2c(c1)OCO2. The van der Waals surface area contributed by atoms with Crippen LogP contribution in [-0.4, -0.2) is 24.3 Å². The van der Waals surface area contributed by atoms with E-state index in [0.29, 0.717) is 23.5 Å². The summed E-state index contributed by atoms with van der Waals surface area (Å²) in [6.07, 6.45) is 0.317. The Morgan fingerprint density at radius 1 is 1.53 bits per heavy atom. The Balaban J connectivity index is 2.41. The molecule has 0 fully saturated rings. The largest absolute Gasteiger partial charge is 0.479 e. The molecule has 0 saturated carbocycles. The van der Waals surface area contributed by atoms with Crippen LogP contribution in [0.1, 0.15) is 11.6 Å². The van der Waals surface area contributed by atoms with Crippen LogP contribution in [-0.2, 0) is 9.59 Å². The highest BCUT2D eigenvalue weighted by atomic mass is 35.5. The molecule has 0 spiro atoms. The summed E-state index contributed by atoms with van der Waals surface area (Å²) in [7, 11) is 0. The Bertz CT molecular complexity index is 476. The maximum Gasteiger partial charge on any atom is 0.330 e. The first-order valence-corrected chi connectivity index (χ1v) is 5.03. The van der Waals surface area contributed by atoms with Crippen molar-refractivity contribution in [2.24, 2.45) is 0 Å². The molecule has 90 valence electrons. The summed E-state index contributed by atoms with van der Waals surface area (Å²) in [5.74, 6) is -0.441. The summed E-state index contributed by atoms with van der Waals surface area (Å²) in [6.45, 7) is 0.0390. The predicted molar refractivity (Wildman–Crippen MR) is 57.2 cm³/mol. The molecule has 1 aromatic carbocycles. The van der Waals surface area contributed by atoms with Crippen LogP contribution in [0.25, 0.3) is 0 Å². The van der Waals surface area contributed by atoms with E-state index in [0.717, 1.165) is 0 Å². The first-order chi connectivity index (χ1) is 8.13. The van der Waals surface area contributed by atoms with Crippen LogP contribution in [0, 0.1) is 0 Å². The summed E-state index contributed by atoms with van der Waals surface area (Å²) < 4.78 is 10.2. The zero-order chi connectivity index (χ0) is 12.4. The molecular formula is C10H8ClNO5. The van der Waals surface area contributed by atoms with E-state index in [2.05, 4.69) is 5.32 Å². The number of nitrogens with one attached hydrogen (secondary N) is 1. The van der Waals surface area contributed by atoms with Gasteiger partial charge in [-0.25, -0.2) is 4.79 Å². The number of amides is 1. The van der Waals surface area contributed by atoms with Crippen molar-refractivity contribution in [3.05, 3.63) is 22.7 Å². The summed E-state index contributed by atoms with van der Waals surface area (Å²) >= 11 is 5.91. The van der Waals surface area contributed by atoms with Gasteiger partial charge < -0.3 is 19.9 Å². The first kappa shape index (κ1) is 11.5. The van der Waals surface area contributed by atoms with E-state index in [9.17, 15) is 9.59 Å². The van der Waals surface area contributed by atoms with Crippen molar-refractivity contribution in [1.29, 1.82) is 0 Å². The molecular weight excluding hydrogens is 250 g/mol. The Labute approximate surface area is 101 Å². The monoisotopic (exact) mass is 257 g/mol. The molecule has 1 amide bonds. The molecule has 1 aliphatic rings. The Morgan fingerprint density at radius 3 is 2.94 bits per heavy atom. The topological polar surface area (TPSA) is 84.9 Å². The van der Waals surface area contributed by atoms with E-state index in [1.165, 1.54) is 12.1 Å². The van der Waals surface area contributed by atoms with Gasteiger partial charge in [-0.2, -0.15) is 0 Å². The van der Waals surface area contributed by atoms with Crippen molar-refractivity contribution in [2.75, 3.05) is 6.79 Å². The van der Waals surface area contributed by atoms with Crippen molar-refractivity contribution in [1.82, 2.24) is 5.32 Å². The Kier molecular flexibility index (Phi) is 3.06. The lowest BCUT2D eigenvalue weighted by molar-refractivity contribution is -0.140. The van der Waals surface area contributed by atoms with Gasteiger partial charge in [0.25, 0.3) is 0 Å². The molecule has 0 saturated heterocycles. The van der Waals surface area contributed by atoms with Crippen molar-refractivity contribution in [3.8, 4) is 11.5 Å². The molecule has 0 aromatic heterocycles. The van der Waals surface area contributed by atoms with Crippen LogP contribution in [0.4, 0.5) is 0 Å². The van der Waals surface area contributed by atoms with Gasteiger partial charge in [-0.1, -0.05) is 11.6 Å². The number of ether oxygens (including phenoxy) is 2. The minimum absolute atomic E-state index is 0.0390. The number of hydrogen-bond donors (Lipinski definition) is 2. The molecule has 1 unspecified atom stereocenters. The molecule has 1 aliphatic heterocycles. The smallest absolute Gasteiger partial charge is 0.330 e. The summed E-state index contributed by atoms with van der Waals surface area (Å²) in [5, 5.41) is 11.4. The van der Waals surface area contributed by atoms with Crippen molar-refractivity contribution >= 4 is 24.0 Å². The van der Waals surface area contributed by atoms with Crippen LogP contribution in [0.5, 0.6) is 11.5 Å². The van der Waals surface area contributed by atoms with Crippen molar-refractivity contribution in [2.45, 2.75) is 6.04 Å². The normalized spacial score (nSPS) is 14.2. The van der Waals surface area contributed by atoms with E-state index < -0.39 is 12.0 Å². The van der Waals surface area contributed by atoms with Crippen LogP contribution in [0.3, 0.4) is 0 Å². The third kappa shape index (κ3) is 2.12. The highest BCUT2D eigenvalue weighted by molar-refractivity contribution is 6.32. The summed E-state index contributed by atoms with van der Waals surface area (Å²) in [6, 6.07) is 1.73. The van der Waals surface area contributed by atoms with E-state index in [4.69, 9.17) is 26.2 Å². The molecule has 17 heavy (non-hydrogen) atoms. The molecule has 0 aliphatic carbocycles. The second kappa shape index (κ2) is 4.50. The number of halogens is 1. The molecule has 2 N–H and O–H groups in total. The minimum Gasteiger partial charge on any atom is -0.479 e. The summed E-state index contributed by atoms with van der Waals surface area (Å²) in [4.78, 5) is 21.3. The Morgan fingerprint density at radius 2 is 2.29 bits per heavy atom. The van der Waals surface area contributed by atoms with Gasteiger partial charge in [-0.3, -0.25) is 4.79 Å². The van der Waals surface area contributed by atoms with Crippen molar-refractivity contribution in [3.63, 3.8) is 0 Å². The fourth-order valence-corrected chi connectivity index (χ4v) is 1.81. The maximum atomic E-state index is 11.0. The number of carbonyl (C=O) groups is 2. The highest BCUT2D eigenvalue weighted by Gasteiger charge is 2.25. The molecule has 2 rings (SSSR count). The van der Waals surface area contributed by atoms with E-state index in [1.54, 1.807) is 0 Å². The van der Waals surface area contributed by atoms with Crippen molar-refractivity contribution < 1.29 is 24.2 Å². The highest BCUT2D eigenvalue weighted by Crippen LogP contribution is 2.40. The van der Waals surface area contributed by atoms with Crippen LogP contribution >= 0.6 is 11.6 Å². The van der Waals surface area contributed by atoms with Gasteiger partial charge in [0.15, 0.2) is 17.5 Å². The molecule has 1 heterocycles. The predicted octanol–water partition coefficient (Wildman–Crippen LogP) is 0.940. The van der Waals surface area contributed by atoms with Gasteiger partial charge in [0.05, 0.1) is 5.02 Å². The lowest BCUT2D eigenvalue weighted by atomic mass is 10.1. The second-order valence-electron chi connectivity index (χ2n) is 3.29. The molecule has 1 aromatic rings. The van der Waals surface area contributed by atoms with Crippen LogP contribution in [0.2, 0.25) is 5.02 Å². The first-order valence-electron chi connectivity index (χ1n) is 4.65. The standard InChI is InChI=1S/C10H8ClNO5/c11-6-1-5(8(10(14)15)12-3-13)2-7-9(6)17-4-16-7/h1-3,8H,4H2,(H,12,13)(H,14,15). The fourth-order valence-electron chi connectivity index (χ4n) is 1.53. The van der Waals surface area contributed by atoms with Gasteiger partial charge in [0, 0.05) is 0 Å². The lowest BCUT2D eigenvalue weighted by Crippen LogP contribution is -2.27. The minimum atomic E-state index is -1.19. The van der Waals surface area contributed by atoms with E-state index >= 15 is 0 Å². The quantitative estimate of drug-likeness (QED) is 0.784. The average molecular weight is 258 g/mol. The Hall–Kier alpha value is -1.95. The molecule has 0 bridgehead atoms. The number of carboxylic acid groups (broad SMARTS) is 1. The third-order valence-electron chi connectivity index (χ3n) is 2.26. The third-order valence-corrected chi connectivity index (χ3v) is 2.55. The van der Waals surface area contributed by atoms with Gasteiger partial charge in [0.1, 0.15) is 0 Å². The molecule has 0 radical (unpaired) electrons. The fraction of sp³-hybridized carbons (Fsp3) is 0.200. The van der Waals surface area contributed by atoms with Crippen LogP contribution < -0.4 is 14.8 Å². The molecule has 6 nitrogen and oxygen atoms in total. The number of rotatable bonds is 4. The zero-order valence-electron chi connectivity index (χ0n) is 8.47. The summed E-state index contributed by atoms with van der Waals surface area (Å²) in [5.41, 5.74) is 0.318. The van der Waals surface area contributed by atoms with Gasteiger partial charge in [0.2, 0.25) is 13.2 Å². The maximum absolute atomic E-state index is 11.0. The number of aliphatic carboxylic acids is 1. The van der Waals surface area contributed by atoms with E-state index in [-0.39, 0.29) is 11.8 Å². The lowest BCUT2D eigenvalue weighted by Gasteiger charge is -2.12. The van der Waals surface area contributed by atoms with E-state index in [1.807, 2.05) is 0 Å². The number of carboxylic acids is 1. The van der Waals surface area contributed by atoms with Gasteiger partial charge in [-0.05, 0) is 17.7 Å². The number of hydrogen-bond acceptors (Lipinski definition) is 4. The number of carbonyl (C=O) groups excluding carboxylic acids is 1. The molecule has 1 atom stereocenters. The zero-order valence-corrected chi connectivity index (χ0v) is 9.23. The second-order valence-corrected chi connectivity index (χ2v) is 3.70. The number of benzene rings is 1. The van der Waals surface area contributed by atoms with Gasteiger partial charge in [-0.15, -0.1) is 0 Å². The molecule has 7 heteroatoms. The van der Waals surface area contributed by atoms with Gasteiger partial charge >= 0.3 is 5.97 Å². The number of fused-ring (bicyclic) bond motifs is 1.